The minimum atomic E-state index is -0.644. The Labute approximate surface area is 168 Å². The van der Waals surface area contributed by atoms with Crippen LogP contribution in [0.3, 0.4) is 0 Å². The highest BCUT2D eigenvalue weighted by Gasteiger charge is 2.36. The van der Waals surface area contributed by atoms with E-state index in [4.69, 9.17) is 5.73 Å². The van der Waals surface area contributed by atoms with Crippen LogP contribution in [0.4, 0.5) is 5.69 Å². The fourth-order valence-corrected chi connectivity index (χ4v) is 4.96. The molecule has 2 atom stereocenters. The summed E-state index contributed by atoms with van der Waals surface area (Å²) in [4.78, 5) is 26.2. The van der Waals surface area contributed by atoms with Crippen molar-refractivity contribution in [3.63, 3.8) is 0 Å². The van der Waals surface area contributed by atoms with Gasteiger partial charge in [-0.25, -0.2) is 0 Å². The van der Waals surface area contributed by atoms with Gasteiger partial charge in [0.25, 0.3) is 5.91 Å². The van der Waals surface area contributed by atoms with Crippen LogP contribution >= 0.6 is 11.3 Å². The van der Waals surface area contributed by atoms with Gasteiger partial charge in [0.1, 0.15) is 11.8 Å². The SMILES string of the molecule is NC(=O)C1CC(C(=O)NC(c2cccs2)C2CCCC2)=NN1c1ccccc1. The number of para-hydroxylation sites is 1. The van der Waals surface area contributed by atoms with Crippen molar-refractivity contribution in [1.82, 2.24) is 5.32 Å². The van der Waals surface area contributed by atoms with E-state index in [2.05, 4.69) is 16.5 Å². The summed E-state index contributed by atoms with van der Waals surface area (Å²) >= 11 is 1.67. The molecule has 2 amide bonds. The molecule has 2 aromatic rings. The number of hydrogen-bond acceptors (Lipinski definition) is 5. The number of hydrogen-bond donors (Lipinski definition) is 2. The van der Waals surface area contributed by atoms with Gasteiger partial charge >= 0.3 is 0 Å². The predicted molar refractivity (Wildman–Crippen MR) is 111 cm³/mol. The highest BCUT2D eigenvalue weighted by molar-refractivity contribution is 7.10. The van der Waals surface area contributed by atoms with Crippen molar-refractivity contribution in [3.8, 4) is 0 Å². The quantitative estimate of drug-likeness (QED) is 0.786. The van der Waals surface area contributed by atoms with Gasteiger partial charge < -0.3 is 11.1 Å². The fraction of sp³-hybridized carbons (Fsp3) is 0.381. The lowest BCUT2D eigenvalue weighted by atomic mass is 9.96. The molecule has 1 aliphatic carbocycles. The van der Waals surface area contributed by atoms with Crippen molar-refractivity contribution >= 4 is 34.6 Å². The lowest BCUT2D eigenvalue weighted by molar-refractivity contribution is -0.119. The number of benzene rings is 1. The average molecular weight is 397 g/mol. The molecule has 2 heterocycles. The van der Waals surface area contributed by atoms with Crippen LogP contribution < -0.4 is 16.1 Å². The topological polar surface area (TPSA) is 87.8 Å². The van der Waals surface area contributed by atoms with Crippen molar-refractivity contribution in [2.24, 2.45) is 16.8 Å². The maximum absolute atomic E-state index is 13.0. The van der Waals surface area contributed by atoms with Gasteiger partial charge in [-0.3, -0.25) is 14.6 Å². The number of nitrogens with zero attached hydrogens (tertiary/aromatic N) is 2. The Morgan fingerprint density at radius 2 is 1.89 bits per heavy atom. The number of carbonyl (C=O) groups is 2. The van der Waals surface area contributed by atoms with E-state index in [0.717, 1.165) is 18.5 Å². The van der Waals surface area contributed by atoms with Crippen molar-refractivity contribution in [2.75, 3.05) is 5.01 Å². The molecule has 1 aliphatic heterocycles. The summed E-state index contributed by atoms with van der Waals surface area (Å²) in [6.07, 6.45) is 4.87. The Kier molecular flexibility index (Phi) is 5.43. The molecular formula is C21H24N4O2S. The highest BCUT2D eigenvalue weighted by atomic mass is 32.1. The molecule has 7 heteroatoms. The van der Waals surface area contributed by atoms with E-state index in [1.54, 1.807) is 16.3 Å². The highest BCUT2D eigenvalue weighted by Crippen LogP contribution is 2.37. The second-order valence-electron chi connectivity index (χ2n) is 7.36. The molecule has 4 rings (SSSR count). The maximum Gasteiger partial charge on any atom is 0.268 e. The Morgan fingerprint density at radius 1 is 1.14 bits per heavy atom. The summed E-state index contributed by atoms with van der Waals surface area (Å²) in [7, 11) is 0. The van der Waals surface area contributed by atoms with E-state index >= 15 is 0 Å². The van der Waals surface area contributed by atoms with E-state index in [0.29, 0.717) is 11.6 Å². The second-order valence-corrected chi connectivity index (χ2v) is 8.34. The molecule has 1 aromatic carbocycles. The minimum Gasteiger partial charge on any atom is -0.368 e. The molecule has 3 N–H and O–H groups in total. The minimum absolute atomic E-state index is 0.00416. The first-order chi connectivity index (χ1) is 13.6. The lowest BCUT2D eigenvalue weighted by Gasteiger charge is -2.23. The van der Waals surface area contributed by atoms with Gasteiger partial charge in [-0.2, -0.15) is 5.10 Å². The summed E-state index contributed by atoms with van der Waals surface area (Å²) in [6, 6.07) is 12.8. The number of nitrogens with two attached hydrogens (primary N) is 1. The molecule has 2 aliphatic rings. The average Bonchev–Trinajstić information content (AvgIpc) is 3.48. The first-order valence-electron chi connectivity index (χ1n) is 9.69. The van der Waals surface area contributed by atoms with Crippen molar-refractivity contribution in [3.05, 3.63) is 52.7 Å². The maximum atomic E-state index is 13.0. The number of nitrogens with one attached hydrogen (secondary N) is 1. The molecule has 28 heavy (non-hydrogen) atoms. The smallest absolute Gasteiger partial charge is 0.268 e. The van der Waals surface area contributed by atoms with Gasteiger partial charge in [0.15, 0.2) is 0 Å². The van der Waals surface area contributed by atoms with Crippen LogP contribution in [-0.4, -0.2) is 23.6 Å². The Balaban J connectivity index is 1.55. The van der Waals surface area contributed by atoms with Crippen LogP contribution in [0.1, 0.15) is 43.0 Å². The number of rotatable bonds is 6. The Hall–Kier alpha value is -2.67. The van der Waals surface area contributed by atoms with E-state index in [-0.39, 0.29) is 18.4 Å². The Morgan fingerprint density at radius 3 is 2.54 bits per heavy atom. The Bertz CT molecular complexity index is 860. The first kappa shape index (κ1) is 18.7. The number of anilines is 1. The van der Waals surface area contributed by atoms with Crippen LogP contribution in [0.2, 0.25) is 0 Å². The van der Waals surface area contributed by atoms with Gasteiger partial charge in [-0.1, -0.05) is 37.1 Å². The third-order valence-corrected chi connectivity index (χ3v) is 6.48. The molecule has 2 unspecified atom stereocenters. The fourth-order valence-electron chi connectivity index (χ4n) is 4.09. The molecule has 0 bridgehead atoms. The predicted octanol–water partition coefficient (Wildman–Crippen LogP) is 3.22. The van der Waals surface area contributed by atoms with Gasteiger partial charge in [0, 0.05) is 11.3 Å². The van der Waals surface area contributed by atoms with Crippen molar-refractivity contribution in [1.29, 1.82) is 0 Å². The van der Waals surface area contributed by atoms with E-state index in [1.165, 1.54) is 17.7 Å². The largest absolute Gasteiger partial charge is 0.368 e. The van der Waals surface area contributed by atoms with Crippen LogP contribution in [0.25, 0.3) is 0 Å². The molecule has 1 fully saturated rings. The number of amides is 2. The molecule has 6 nitrogen and oxygen atoms in total. The zero-order valence-electron chi connectivity index (χ0n) is 15.6. The molecule has 0 spiro atoms. The number of hydrazone groups is 1. The number of thiophene rings is 1. The molecule has 0 radical (unpaired) electrons. The summed E-state index contributed by atoms with van der Waals surface area (Å²) in [5, 5.41) is 11.3. The summed E-state index contributed by atoms with van der Waals surface area (Å²) in [5.41, 5.74) is 6.69. The zero-order valence-corrected chi connectivity index (χ0v) is 16.4. The van der Waals surface area contributed by atoms with Crippen molar-refractivity contribution < 1.29 is 9.59 Å². The number of carbonyl (C=O) groups excluding carboxylic acids is 2. The normalized spacial score (nSPS) is 20.8. The van der Waals surface area contributed by atoms with Gasteiger partial charge in [-0.15, -0.1) is 11.3 Å². The zero-order chi connectivity index (χ0) is 19.5. The molecule has 0 saturated heterocycles. The van der Waals surface area contributed by atoms with Crippen LogP contribution in [0.15, 0.2) is 52.9 Å². The van der Waals surface area contributed by atoms with Gasteiger partial charge in [0.05, 0.1) is 11.7 Å². The first-order valence-corrected chi connectivity index (χ1v) is 10.6. The van der Waals surface area contributed by atoms with Gasteiger partial charge in [0.2, 0.25) is 5.91 Å². The van der Waals surface area contributed by atoms with Crippen LogP contribution in [-0.2, 0) is 9.59 Å². The van der Waals surface area contributed by atoms with Crippen LogP contribution in [0.5, 0.6) is 0 Å². The van der Waals surface area contributed by atoms with E-state index in [9.17, 15) is 9.59 Å². The third-order valence-electron chi connectivity index (χ3n) is 5.53. The summed E-state index contributed by atoms with van der Waals surface area (Å²) < 4.78 is 0. The van der Waals surface area contributed by atoms with Crippen molar-refractivity contribution in [2.45, 2.75) is 44.2 Å². The van der Waals surface area contributed by atoms with Gasteiger partial charge in [-0.05, 0) is 42.3 Å². The lowest BCUT2D eigenvalue weighted by Crippen LogP contribution is -2.40. The molecule has 1 aromatic heterocycles. The number of primary amides is 1. The molecule has 1 saturated carbocycles. The molecular weight excluding hydrogens is 372 g/mol. The summed E-state index contributed by atoms with van der Waals surface area (Å²) in [6.45, 7) is 0. The molecule has 146 valence electrons. The standard InChI is InChI=1S/C21H24N4O2S/c22-20(26)17-13-16(24-25(17)15-9-2-1-3-10-15)21(27)23-19(14-7-4-5-8-14)18-11-6-12-28-18/h1-3,6,9-12,14,17,19H,4-5,7-8,13H2,(H2,22,26)(H,23,27). The van der Waals surface area contributed by atoms with E-state index < -0.39 is 11.9 Å². The van der Waals surface area contributed by atoms with E-state index in [1.807, 2.05) is 41.8 Å². The monoisotopic (exact) mass is 396 g/mol. The van der Waals surface area contributed by atoms with Crippen LogP contribution in [0, 0.1) is 5.92 Å². The summed E-state index contributed by atoms with van der Waals surface area (Å²) in [5.74, 6) is -0.252. The third kappa shape index (κ3) is 3.80. The second kappa shape index (κ2) is 8.14.